The van der Waals surface area contributed by atoms with Crippen molar-refractivity contribution in [3.05, 3.63) is 53.1 Å². The highest BCUT2D eigenvalue weighted by molar-refractivity contribution is 6.00. The molecule has 0 spiro atoms. The first-order valence-electron chi connectivity index (χ1n) is 9.32. The number of carbonyl (C=O) groups excluding carboxylic acids is 3. The average molecular weight is 397 g/mol. The van der Waals surface area contributed by atoms with Crippen LogP contribution < -0.4 is 14.8 Å². The van der Waals surface area contributed by atoms with Gasteiger partial charge in [0.2, 0.25) is 5.91 Å². The number of Topliss-reactive ketones (excluding diaryl/α,β-unsaturated/α-hetero) is 1. The van der Waals surface area contributed by atoms with Gasteiger partial charge in [-0.3, -0.25) is 14.4 Å². The fourth-order valence-electron chi connectivity index (χ4n) is 3.12. The molecule has 1 aliphatic rings. The van der Waals surface area contributed by atoms with Gasteiger partial charge in [-0.2, -0.15) is 0 Å². The van der Waals surface area contributed by atoms with Crippen LogP contribution in [-0.2, 0) is 27.2 Å². The predicted molar refractivity (Wildman–Crippen MR) is 107 cm³/mol. The van der Waals surface area contributed by atoms with Gasteiger partial charge < -0.3 is 19.5 Å². The summed E-state index contributed by atoms with van der Waals surface area (Å²) in [6.45, 7) is -0.314. The first-order valence-corrected chi connectivity index (χ1v) is 9.32. The lowest BCUT2D eigenvalue weighted by Crippen LogP contribution is -2.20. The monoisotopic (exact) mass is 397 g/mol. The summed E-state index contributed by atoms with van der Waals surface area (Å²) >= 11 is 0. The molecular formula is C22H23NO6. The molecular weight excluding hydrogens is 374 g/mol. The lowest BCUT2D eigenvalue weighted by Gasteiger charge is -2.17. The zero-order valence-electron chi connectivity index (χ0n) is 16.4. The number of rotatable bonds is 8. The molecule has 0 saturated heterocycles. The van der Waals surface area contributed by atoms with E-state index in [9.17, 15) is 14.4 Å². The van der Waals surface area contributed by atoms with Crippen LogP contribution in [0.3, 0.4) is 0 Å². The van der Waals surface area contributed by atoms with Crippen LogP contribution in [0.25, 0.3) is 0 Å². The maximum atomic E-state index is 12.3. The number of hydrogen-bond acceptors (Lipinski definition) is 6. The second-order valence-electron chi connectivity index (χ2n) is 6.72. The van der Waals surface area contributed by atoms with E-state index in [0.717, 1.165) is 16.8 Å². The summed E-state index contributed by atoms with van der Waals surface area (Å²) < 4.78 is 15.6. The van der Waals surface area contributed by atoms with Gasteiger partial charge in [-0.05, 0) is 54.3 Å². The van der Waals surface area contributed by atoms with Crippen molar-refractivity contribution in [1.82, 2.24) is 0 Å². The van der Waals surface area contributed by atoms with E-state index in [1.165, 1.54) is 0 Å². The SMILES string of the molecule is COc1cc(CCC(=O)OCC(=O)c2ccc3c(c2)CCC(=O)N3)cc(OC)c1. The third-order valence-electron chi connectivity index (χ3n) is 4.72. The molecule has 1 aliphatic heterocycles. The third-order valence-corrected chi connectivity index (χ3v) is 4.72. The largest absolute Gasteiger partial charge is 0.497 e. The molecule has 0 saturated carbocycles. The Morgan fingerprint density at radius 2 is 1.72 bits per heavy atom. The van der Waals surface area contributed by atoms with E-state index >= 15 is 0 Å². The fourth-order valence-corrected chi connectivity index (χ4v) is 3.12. The molecule has 1 heterocycles. The second-order valence-corrected chi connectivity index (χ2v) is 6.72. The molecule has 0 fully saturated rings. The summed E-state index contributed by atoms with van der Waals surface area (Å²) in [5, 5.41) is 2.77. The van der Waals surface area contributed by atoms with Crippen LogP contribution in [-0.4, -0.2) is 38.5 Å². The molecule has 7 nitrogen and oxygen atoms in total. The maximum absolute atomic E-state index is 12.3. The van der Waals surface area contributed by atoms with Crippen LogP contribution in [0.5, 0.6) is 11.5 Å². The van der Waals surface area contributed by atoms with E-state index in [1.807, 2.05) is 12.1 Å². The Hall–Kier alpha value is -3.35. The van der Waals surface area contributed by atoms with Gasteiger partial charge in [-0.15, -0.1) is 0 Å². The number of benzene rings is 2. The minimum Gasteiger partial charge on any atom is -0.497 e. The van der Waals surface area contributed by atoms with E-state index in [-0.39, 0.29) is 24.7 Å². The Kier molecular flexibility index (Phi) is 6.49. The highest BCUT2D eigenvalue weighted by atomic mass is 16.5. The van der Waals surface area contributed by atoms with Gasteiger partial charge in [0.1, 0.15) is 11.5 Å². The second kappa shape index (κ2) is 9.23. The number of fused-ring (bicyclic) bond motifs is 1. The molecule has 0 radical (unpaired) electrons. The van der Waals surface area contributed by atoms with Crippen LogP contribution in [0, 0.1) is 0 Å². The minimum atomic E-state index is -0.453. The molecule has 0 bridgehead atoms. The Labute approximate surface area is 169 Å². The number of hydrogen-bond donors (Lipinski definition) is 1. The molecule has 29 heavy (non-hydrogen) atoms. The Bertz CT molecular complexity index is 915. The zero-order chi connectivity index (χ0) is 20.8. The lowest BCUT2D eigenvalue weighted by molar-refractivity contribution is -0.142. The van der Waals surface area contributed by atoms with Crippen molar-refractivity contribution < 1.29 is 28.6 Å². The standard InChI is InChI=1S/C22H23NO6/c1-27-17-9-14(10-18(12-17)28-2)3-8-22(26)29-13-20(24)16-4-6-19-15(11-16)5-7-21(25)23-19/h4,6,9-12H,3,5,7-8,13H2,1-2H3,(H,23,25). The van der Waals surface area contributed by atoms with Gasteiger partial charge in [-0.25, -0.2) is 0 Å². The lowest BCUT2D eigenvalue weighted by atomic mass is 9.99. The van der Waals surface area contributed by atoms with Crippen molar-refractivity contribution in [3.8, 4) is 11.5 Å². The van der Waals surface area contributed by atoms with Crippen LogP contribution in [0.15, 0.2) is 36.4 Å². The molecule has 1 amide bonds. The minimum absolute atomic E-state index is 0.0286. The number of amides is 1. The van der Waals surface area contributed by atoms with Crippen molar-refractivity contribution in [3.63, 3.8) is 0 Å². The van der Waals surface area contributed by atoms with Gasteiger partial charge in [0.05, 0.1) is 14.2 Å². The Morgan fingerprint density at radius 1 is 1.00 bits per heavy atom. The maximum Gasteiger partial charge on any atom is 0.306 e. The predicted octanol–water partition coefficient (Wildman–Crippen LogP) is 2.95. The topological polar surface area (TPSA) is 90.9 Å². The van der Waals surface area contributed by atoms with Crippen LogP contribution in [0.1, 0.15) is 34.3 Å². The molecule has 3 rings (SSSR count). The third kappa shape index (κ3) is 5.34. The number of ether oxygens (including phenoxy) is 3. The first kappa shape index (κ1) is 20.4. The number of esters is 1. The Morgan fingerprint density at radius 3 is 2.41 bits per heavy atom. The van der Waals surface area contributed by atoms with Crippen molar-refractivity contribution in [1.29, 1.82) is 0 Å². The van der Waals surface area contributed by atoms with E-state index < -0.39 is 5.97 Å². The molecule has 0 aromatic heterocycles. The van der Waals surface area contributed by atoms with Crippen molar-refractivity contribution in [2.75, 3.05) is 26.1 Å². The van der Waals surface area contributed by atoms with E-state index in [4.69, 9.17) is 14.2 Å². The summed E-state index contributed by atoms with van der Waals surface area (Å²) in [5.74, 6) is 0.531. The van der Waals surface area contributed by atoms with Crippen LogP contribution in [0.2, 0.25) is 0 Å². The molecule has 1 N–H and O–H groups in total. The average Bonchev–Trinajstić information content (AvgIpc) is 2.75. The summed E-state index contributed by atoms with van der Waals surface area (Å²) in [5.41, 5.74) is 2.98. The van der Waals surface area contributed by atoms with Gasteiger partial charge in [0.15, 0.2) is 12.4 Å². The summed E-state index contributed by atoms with van der Waals surface area (Å²) in [7, 11) is 3.13. The van der Waals surface area contributed by atoms with Crippen molar-refractivity contribution in [2.45, 2.75) is 25.7 Å². The van der Waals surface area contributed by atoms with Gasteiger partial charge in [0, 0.05) is 30.2 Å². The molecule has 0 atom stereocenters. The number of anilines is 1. The van der Waals surface area contributed by atoms with Crippen LogP contribution >= 0.6 is 0 Å². The van der Waals surface area contributed by atoms with Gasteiger partial charge in [-0.1, -0.05) is 0 Å². The summed E-state index contributed by atoms with van der Waals surface area (Å²) in [4.78, 5) is 35.8. The number of ketones is 1. The Balaban J connectivity index is 1.52. The van der Waals surface area contributed by atoms with Crippen molar-refractivity contribution in [2.24, 2.45) is 0 Å². The summed E-state index contributed by atoms with van der Waals surface area (Å²) in [6, 6.07) is 10.5. The molecule has 0 unspecified atom stereocenters. The fraction of sp³-hybridized carbons (Fsp3) is 0.318. The first-order chi connectivity index (χ1) is 14.0. The molecule has 2 aromatic rings. The van der Waals surface area contributed by atoms with Gasteiger partial charge >= 0.3 is 5.97 Å². The molecule has 0 aliphatic carbocycles. The normalized spacial score (nSPS) is 12.6. The van der Waals surface area contributed by atoms with Crippen LogP contribution in [0.4, 0.5) is 5.69 Å². The molecule has 7 heteroatoms. The highest BCUT2D eigenvalue weighted by Crippen LogP contribution is 2.24. The van der Waals surface area contributed by atoms with Gasteiger partial charge in [0.25, 0.3) is 0 Å². The molecule has 152 valence electrons. The molecule has 2 aromatic carbocycles. The number of carbonyl (C=O) groups is 3. The number of nitrogens with one attached hydrogen (secondary N) is 1. The number of aryl methyl sites for hydroxylation is 2. The highest BCUT2D eigenvalue weighted by Gasteiger charge is 2.17. The van der Waals surface area contributed by atoms with E-state index in [2.05, 4.69) is 5.32 Å². The van der Waals surface area contributed by atoms with E-state index in [1.54, 1.807) is 38.5 Å². The summed E-state index contributed by atoms with van der Waals surface area (Å²) in [6.07, 6.45) is 1.57. The number of methoxy groups -OCH3 is 2. The smallest absolute Gasteiger partial charge is 0.306 e. The quantitative estimate of drug-likeness (QED) is 0.544. The van der Waals surface area contributed by atoms with Crippen molar-refractivity contribution >= 4 is 23.3 Å². The zero-order valence-corrected chi connectivity index (χ0v) is 16.4. The van der Waals surface area contributed by atoms with E-state index in [0.29, 0.717) is 36.3 Å².